The number of hydrogen-bond donors (Lipinski definition) is 1. The highest BCUT2D eigenvalue weighted by Crippen LogP contribution is 2.29. The van der Waals surface area contributed by atoms with Crippen LogP contribution in [0.1, 0.15) is 44.2 Å². The normalized spacial score (nSPS) is 21.5. The van der Waals surface area contributed by atoms with Gasteiger partial charge in [0.25, 0.3) is 0 Å². The van der Waals surface area contributed by atoms with E-state index in [4.69, 9.17) is 9.15 Å². The van der Waals surface area contributed by atoms with Crippen LogP contribution in [-0.4, -0.2) is 24.0 Å². The summed E-state index contributed by atoms with van der Waals surface area (Å²) in [5.41, 5.74) is 0.723. The van der Waals surface area contributed by atoms with Crippen LogP contribution in [0.15, 0.2) is 28.7 Å². The molecule has 1 saturated carbocycles. The highest BCUT2D eigenvalue weighted by atomic mass is 16.5. The van der Waals surface area contributed by atoms with Crippen molar-refractivity contribution in [2.45, 2.75) is 51.8 Å². The van der Waals surface area contributed by atoms with Crippen LogP contribution in [0.3, 0.4) is 0 Å². The first kappa shape index (κ1) is 14.1. The van der Waals surface area contributed by atoms with E-state index in [-0.39, 0.29) is 11.9 Å². The van der Waals surface area contributed by atoms with Gasteiger partial charge < -0.3 is 14.5 Å². The summed E-state index contributed by atoms with van der Waals surface area (Å²) < 4.78 is 11.4. The molecule has 0 amide bonds. The number of carbonyl (C=O) groups excluding carboxylic acids is 1. The number of ether oxygens (including phenoxy) is 1. The number of fused-ring (bicyclic) bond motifs is 1. The van der Waals surface area contributed by atoms with E-state index in [1.54, 1.807) is 6.07 Å². The van der Waals surface area contributed by atoms with Crippen molar-refractivity contribution in [2.24, 2.45) is 0 Å². The first-order valence-electron chi connectivity index (χ1n) is 7.48. The molecule has 1 fully saturated rings. The van der Waals surface area contributed by atoms with Crippen molar-refractivity contribution in [3.05, 3.63) is 30.0 Å². The zero-order chi connectivity index (χ0) is 15.0. The molecule has 4 nitrogen and oxygen atoms in total. The summed E-state index contributed by atoms with van der Waals surface area (Å²) in [5, 5.41) is 4.42. The molecule has 1 aliphatic carbocycles. The molecule has 1 heterocycles. The topological polar surface area (TPSA) is 51.5 Å². The molecule has 2 aromatic rings. The number of furan rings is 1. The van der Waals surface area contributed by atoms with Gasteiger partial charge in [-0.3, -0.25) is 4.79 Å². The molecule has 0 atom stereocenters. The van der Waals surface area contributed by atoms with Crippen molar-refractivity contribution in [2.75, 3.05) is 0 Å². The largest absolute Gasteiger partial charge is 0.490 e. The Morgan fingerprint density at radius 2 is 2.10 bits per heavy atom. The van der Waals surface area contributed by atoms with Gasteiger partial charge in [0, 0.05) is 24.4 Å². The summed E-state index contributed by atoms with van der Waals surface area (Å²) in [6, 6.07) is 8.56. The Morgan fingerprint density at radius 1 is 1.33 bits per heavy atom. The SMILES string of the molecule is CC(=O)c1cc2cc(OC3CC(NC(C)C)C3)ccc2o1. The van der Waals surface area contributed by atoms with E-state index < -0.39 is 0 Å². The standard InChI is InChI=1S/C17H21NO3/c1-10(2)18-13-8-15(9-13)20-14-4-5-16-12(6-14)7-17(21-16)11(3)19/h4-7,10,13,15,18H,8-9H2,1-3H3. The van der Waals surface area contributed by atoms with Crippen LogP contribution in [0.5, 0.6) is 5.75 Å². The average Bonchev–Trinajstić information content (AvgIpc) is 2.79. The number of hydrogen-bond acceptors (Lipinski definition) is 4. The average molecular weight is 287 g/mol. The molecule has 1 aliphatic rings. The van der Waals surface area contributed by atoms with Gasteiger partial charge in [0.2, 0.25) is 0 Å². The molecule has 1 N–H and O–H groups in total. The Hall–Kier alpha value is -1.81. The molecule has 0 saturated heterocycles. The molecule has 112 valence electrons. The van der Waals surface area contributed by atoms with Crippen LogP contribution in [0.25, 0.3) is 11.0 Å². The molecule has 0 bridgehead atoms. The van der Waals surface area contributed by atoms with E-state index in [0.717, 1.165) is 29.6 Å². The van der Waals surface area contributed by atoms with Gasteiger partial charge >= 0.3 is 0 Å². The number of ketones is 1. The lowest BCUT2D eigenvalue weighted by Crippen LogP contribution is -2.49. The highest BCUT2D eigenvalue weighted by molar-refractivity contribution is 5.96. The Labute approximate surface area is 124 Å². The van der Waals surface area contributed by atoms with E-state index in [1.165, 1.54) is 6.92 Å². The minimum atomic E-state index is -0.0599. The molecular weight excluding hydrogens is 266 g/mol. The second-order valence-electron chi connectivity index (χ2n) is 6.10. The van der Waals surface area contributed by atoms with E-state index in [2.05, 4.69) is 19.2 Å². The molecule has 0 unspecified atom stereocenters. The number of carbonyl (C=O) groups is 1. The lowest BCUT2D eigenvalue weighted by Gasteiger charge is -2.37. The molecule has 0 aliphatic heterocycles. The lowest BCUT2D eigenvalue weighted by atomic mass is 9.88. The van der Waals surface area contributed by atoms with Gasteiger partial charge in [-0.05, 0) is 37.1 Å². The Morgan fingerprint density at radius 3 is 2.76 bits per heavy atom. The maximum Gasteiger partial charge on any atom is 0.194 e. The minimum absolute atomic E-state index is 0.0599. The van der Waals surface area contributed by atoms with Crippen LogP contribution in [-0.2, 0) is 0 Å². The number of benzene rings is 1. The predicted octanol–water partition coefficient (Wildman–Crippen LogP) is 3.54. The summed E-state index contributed by atoms with van der Waals surface area (Å²) in [4.78, 5) is 11.3. The monoisotopic (exact) mass is 287 g/mol. The van der Waals surface area contributed by atoms with Gasteiger partial charge in [-0.15, -0.1) is 0 Å². The zero-order valence-electron chi connectivity index (χ0n) is 12.7. The van der Waals surface area contributed by atoms with Crippen molar-refractivity contribution < 1.29 is 13.9 Å². The third-order valence-electron chi connectivity index (χ3n) is 3.80. The molecule has 0 radical (unpaired) electrons. The molecular formula is C17H21NO3. The summed E-state index contributed by atoms with van der Waals surface area (Å²) in [7, 11) is 0. The van der Waals surface area contributed by atoms with Crippen molar-refractivity contribution >= 4 is 16.8 Å². The van der Waals surface area contributed by atoms with E-state index >= 15 is 0 Å². The fourth-order valence-electron chi connectivity index (χ4n) is 2.73. The maximum atomic E-state index is 11.3. The van der Waals surface area contributed by atoms with Gasteiger partial charge in [0.1, 0.15) is 17.4 Å². The summed E-state index contributed by atoms with van der Waals surface area (Å²) in [6.45, 7) is 5.83. The lowest BCUT2D eigenvalue weighted by molar-refractivity contribution is 0.0816. The van der Waals surface area contributed by atoms with Crippen molar-refractivity contribution in [3.63, 3.8) is 0 Å². The van der Waals surface area contributed by atoms with Gasteiger partial charge in [0.05, 0.1) is 0 Å². The van der Waals surface area contributed by atoms with Crippen LogP contribution >= 0.6 is 0 Å². The fraction of sp³-hybridized carbons (Fsp3) is 0.471. The van der Waals surface area contributed by atoms with Gasteiger partial charge in [-0.25, -0.2) is 0 Å². The number of nitrogens with one attached hydrogen (secondary N) is 1. The van der Waals surface area contributed by atoms with Gasteiger partial charge in [-0.2, -0.15) is 0 Å². The van der Waals surface area contributed by atoms with E-state index in [0.29, 0.717) is 17.8 Å². The summed E-state index contributed by atoms with van der Waals surface area (Å²) in [6.07, 6.45) is 2.36. The van der Waals surface area contributed by atoms with Gasteiger partial charge in [0.15, 0.2) is 11.5 Å². The summed E-state index contributed by atoms with van der Waals surface area (Å²) in [5.74, 6) is 1.17. The van der Waals surface area contributed by atoms with Crippen LogP contribution < -0.4 is 10.1 Å². The van der Waals surface area contributed by atoms with Crippen LogP contribution in [0, 0.1) is 0 Å². The summed E-state index contributed by atoms with van der Waals surface area (Å²) >= 11 is 0. The van der Waals surface area contributed by atoms with E-state index in [1.807, 2.05) is 18.2 Å². The van der Waals surface area contributed by atoms with Crippen LogP contribution in [0.2, 0.25) is 0 Å². The smallest absolute Gasteiger partial charge is 0.194 e. The first-order chi connectivity index (χ1) is 10.0. The van der Waals surface area contributed by atoms with Crippen molar-refractivity contribution in [3.8, 4) is 5.75 Å². The second kappa shape index (κ2) is 5.53. The predicted molar refractivity (Wildman–Crippen MR) is 81.9 cm³/mol. The molecule has 1 aromatic carbocycles. The van der Waals surface area contributed by atoms with Crippen molar-refractivity contribution in [1.29, 1.82) is 0 Å². The third kappa shape index (κ3) is 3.10. The molecule has 4 heteroatoms. The van der Waals surface area contributed by atoms with Gasteiger partial charge in [-0.1, -0.05) is 13.8 Å². The first-order valence-corrected chi connectivity index (χ1v) is 7.48. The molecule has 0 spiro atoms. The Balaban J connectivity index is 1.64. The quantitative estimate of drug-likeness (QED) is 0.855. The Bertz CT molecular complexity index is 653. The molecule has 1 aromatic heterocycles. The fourth-order valence-corrected chi connectivity index (χ4v) is 2.73. The van der Waals surface area contributed by atoms with E-state index in [9.17, 15) is 4.79 Å². The third-order valence-corrected chi connectivity index (χ3v) is 3.80. The number of rotatable bonds is 5. The number of Topliss-reactive ketones (excluding diaryl/α,β-unsaturated/α-hetero) is 1. The van der Waals surface area contributed by atoms with Crippen molar-refractivity contribution in [1.82, 2.24) is 5.32 Å². The minimum Gasteiger partial charge on any atom is -0.490 e. The molecule has 21 heavy (non-hydrogen) atoms. The zero-order valence-corrected chi connectivity index (χ0v) is 12.7. The second-order valence-corrected chi connectivity index (χ2v) is 6.10. The molecule has 3 rings (SSSR count). The maximum absolute atomic E-state index is 11.3. The van der Waals surface area contributed by atoms with Crippen LogP contribution in [0.4, 0.5) is 0 Å². The highest BCUT2D eigenvalue weighted by Gasteiger charge is 2.31. The Kier molecular flexibility index (Phi) is 3.72.